The van der Waals surface area contributed by atoms with Crippen molar-refractivity contribution < 1.29 is 4.74 Å². The summed E-state index contributed by atoms with van der Waals surface area (Å²) in [7, 11) is 1.56. The van der Waals surface area contributed by atoms with Gasteiger partial charge in [-0.3, -0.25) is 9.36 Å². The van der Waals surface area contributed by atoms with Crippen molar-refractivity contribution in [3.8, 4) is 6.01 Å². The number of methoxy groups -OCH3 is 1. The molecule has 110 valence electrons. The number of hydrogen-bond acceptors (Lipinski definition) is 4. The van der Waals surface area contributed by atoms with Crippen LogP contribution in [0.25, 0.3) is 0 Å². The van der Waals surface area contributed by atoms with Gasteiger partial charge in [0.1, 0.15) is 0 Å². The zero-order valence-electron chi connectivity index (χ0n) is 12.3. The molecule has 0 bridgehead atoms. The fourth-order valence-corrected chi connectivity index (χ4v) is 2.93. The van der Waals surface area contributed by atoms with Gasteiger partial charge < -0.3 is 10.1 Å². The van der Waals surface area contributed by atoms with Crippen molar-refractivity contribution in [1.29, 1.82) is 0 Å². The van der Waals surface area contributed by atoms with E-state index >= 15 is 0 Å². The number of aromatic nitrogens is 2. The normalized spacial score (nSPS) is 18.6. The van der Waals surface area contributed by atoms with Crippen molar-refractivity contribution in [3.05, 3.63) is 22.1 Å². The van der Waals surface area contributed by atoms with Crippen molar-refractivity contribution in [1.82, 2.24) is 14.9 Å². The van der Waals surface area contributed by atoms with E-state index in [0.29, 0.717) is 24.3 Å². The predicted octanol–water partition coefficient (Wildman–Crippen LogP) is 1.34. The van der Waals surface area contributed by atoms with Gasteiger partial charge in [0, 0.05) is 30.9 Å². The van der Waals surface area contributed by atoms with E-state index < -0.39 is 0 Å². The molecule has 1 heterocycles. The summed E-state index contributed by atoms with van der Waals surface area (Å²) in [6.07, 6.45) is 5.46. The molecule has 0 aliphatic heterocycles. The standard InChI is InChI=1S/C15H23N3O2/c1-10-9-13(19)18(15(17-10)20-2)8-7-16-14(11-3-4-11)12-5-6-12/h9,11-12,14,16H,3-8H2,1-2H3. The highest BCUT2D eigenvalue weighted by Crippen LogP contribution is 2.44. The number of aryl methyl sites for hydroxylation is 1. The fraction of sp³-hybridized carbons (Fsp3) is 0.733. The molecule has 0 unspecified atom stereocenters. The maximum atomic E-state index is 12.0. The smallest absolute Gasteiger partial charge is 0.299 e. The first kappa shape index (κ1) is 13.6. The van der Waals surface area contributed by atoms with Gasteiger partial charge in [0.15, 0.2) is 0 Å². The lowest BCUT2D eigenvalue weighted by atomic mass is 10.1. The van der Waals surface area contributed by atoms with E-state index in [1.165, 1.54) is 25.7 Å². The van der Waals surface area contributed by atoms with Crippen LogP contribution in [0.2, 0.25) is 0 Å². The minimum atomic E-state index is -0.0365. The minimum Gasteiger partial charge on any atom is -0.468 e. The highest BCUT2D eigenvalue weighted by Gasteiger charge is 2.40. The Bertz CT molecular complexity index is 520. The molecular formula is C15H23N3O2. The summed E-state index contributed by atoms with van der Waals surface area (Å²) in [5, 5.41) is 3.64. The second-order valence-corrected chi connectivity index (χ2v) is 6.03. The van der Waals surface area contributed by atoms with Crippen LogP contribution >= 0.6 is 0 Å². The predicted molar refractivity (Wildman–Crippen MR) is 77.0 cm³/mol. The molecule has 0 atom stereocenters. The van der Waals surface area contributed by atoms with Gasteiger partial charge >= 0.3 is 0 Å². The van der Waals surface area contributed by atoms with E-state index in [9.17, 15) is 4.79 Å². The molecule has 2 aliphatic carbocycles. The lowest BCUT2D eigenvalue weighted by Gasteiger charge is -2.18. The van der Waals surface area contributed by atoms with E-state index in [2.05, 4.69) is 10.3 Å². The van der Waals surface area contributed by atoms with E-state index in [1.54, 1.807) is 17.7 Å². The molecule has 1 N–H and O–H groups in total. The quantitative estimate of drug-likeness (QED) is 0.817. The van der Waals surface area contributed by atoms with Crippen molar-refractivity contribution in [2.45, 2.75) is 45.2 Å². The minimum absolute atomic E-state index is 0.0365. The Balaban J connectivity index is 1.61. The van der Waals surface area contributed by atoms with Crippen LogP contribution in [0, 0.1) is 18.8 Å². The van der Waals surface area contributed by atoms with Gasteiger partial charge in [-0.05, 0) is 44.4 Å². The molecule has 0 aromatic carbocycles. The Labute approximate surface area is 119 Å². The highest BCUT2D eigenvalue weighted by atomic mass is 16.5. The van der Waals surface area contributed by atoms with Crippen molar-refractivity contribution in [2.75, 3.05) is 13.7 Å². The molecule has 5 heteroatoms. The van der Waals surface area contributed by atoms with E-state index in [4.69, 9.17) is 4.74 Å². The van der Waals surface area contributed by atoms with E-state index in [1.807, 2.05) is 6.92 Å². The molecular weight excluding hydrogens is 254 g/mol. The maximum absolute atomic E-state index is 12.0. The zero-order chi connectivity index (χ0) is 14.1. The molecule has 2 fully saturated rings. The average molecular weight is 277 g/mol. The van der Waals surface area contributed by atoms with Gasteiger partial charge in [-0.25, -0.2) is 4.98 Å². The molecule has 0 spiro atoms. The molecule has 0 amide bonds. The summed E-state index contributed by atoms with van der Waals surface area (Å²) in [5.74, 6) is 1.74. The molecule has 1 aromatic rings. The second kappa shape index (κ2) is 5.56. The van der Waals surface area contributed by atoms with Crippen molar-refractivity contribution in [2.24, 2.45) is 11.8 Å². The number of nitrogens with one attached hydrogen (secondary N) is 1. The lowest BCUT2D eigenvalue weighted by Crippen LogP contribution is -2.37. The SMILES string of the molecule is COc1nc(C)cc(=O)n1CCNC(C1CC1)C1CC1. The van der Waals surface area contributed by atoms with Crippen molar-refractivity contribution >= 4 is 0 Å². The van der Waals surface area contributed by atoms with Crippen LogP contribution in [0.4, 0.5) is 0 Å². The average Bonchev–Trinajstić information content (AvgIpc) is 3.27. The third-order valence-corrected chi connectivity index (χ3v) is 4.26. The largest absolute Gasteiger partial charge is 0.468 e. The van der Waals surface area contributed by atoms with Gasteiger partial charge in [0.05, 0.1) is 7.11 Å². The lowest BCUT2D eigenvalue weighted by molar-refractivity contribution is 0.335. The summed E-state index contributed by atoms with van der Waals surface area (Å²) < 4.78 is 6.82. The first-order valence-corrected chi connectivity index (χ1v) is 7.55. The number of nitrogens with zero attached hydrogens (tertiary/aromatic N) is 2. The molecule has 5 nitrogen and oxygen atoms in total. The maximum Gasteiger partial charge on any atom is 0.299 e. The summed E-state index contributed by atoms with van der Waals surface area (Å²) in [6, 6.07) is 2.63. The van der Waals surface area contributed by atoms with E-state index in [-0.39, 0.29) is 5.56 Å². The van der Waals surface area contributed by atoms with Gasteiger partial charge in [0.25, 0.3) is 11.6 Å². The summed E-state index contributed by atoms with van der Waals surface area (Å²) in [4.78, 5) is 16.3. The van der Waals surface area contributed by atoms with Crippen LogP contribution in [-0.2, 0) is 6.54 Å². The Hall–Kier alpha value is -1.36. The van der Waals surface area contributed by atoms with Crippen LogP contribution < -0.4 is 15.6 Å². The Morgan fingerprint density at radius 2 is 2.05 bits per heavy atom. The summed E-state index contributed by atoms with van der Waals surface area (Å²) >= 11 is 0. The van der Waals surface area contributed by atoms with Crippen LogP contribution in [-0.4, -0.2) is 29.2 Å². The molecule has 1 aromatic heterocycles. The molecule has 2 saturated carbocycles. The Morgan fingerprint density at radius 1 is 1.40 bits per heavy atom. The van der Waals surface area contributed by atoms with Crippen LogP contribution in [0.5, 0.6) is 6.01 Å². The van der Waals surface area contributed by atoms with Gasteiger partial charge in [-0.1, -0.05) is 0 Å². The Morgan fingerprint density at radius 3 is 2.60 bits per heavy atom. The number of rotatable bonds is 7. The number of ether oxygens (including phenoxy) is 1. The fourth-order valence-electron chi connectivity index (χ4n) is 2.93. The third kappa shape index (κ3) is 3.03. The number of hydrogen-bond donors (Lipinski definition) is 1. The van der Waals surface area contributed by atoms with Crippen LogP contribution in [0.1, 0.15) is 31.4 Å². The highest BCUT2D eigenvalue weighted by molar-refractivity contribution is 5.06. The second-order valence-electron chi connectivity index (χ2n) is 6.03. The van der Waals surface area contributed by atoms with Gasteiger partial charge in [-0.15, -0.1) is 0 Å². The van der Waals surface area contributed by atoms with Crippen LogP contribution in [0.3, 0.4) is 0 Å². The Kier molecular flexibility index (Phi) is 3.78. The monoisotopic (exact) mass is 277 g/mol. The molecule has 20 heavy (non-hydrogen) atoms. The van der Waals surface area contributed by atoms with E-state index in [0.717, 1.165) is 18.4 Å². The molecule has 3 rings (SSSR count). The first-order valence-electron chi connectivity index (χ1n) is 7.55. The summed E-state index contributed by atoms with van der Waals surface area (Å²) in [5.41, 5.74) is 0.662. The summed E-state index contributed by atoms with van der Waals surface area (Å²) in [6.45, 7) is 3.23. The van der Waals surface area contributed by atoms with Crippen LogP contribution in [0.15, 0.2) is 10.9 Å². The first-order chi connectivity index (χ1) is 9.69. The zero-order valence-corrected chi connectivity index (χ0v) is 12.3. The van der Waals surface area contributed by atoms with Gasteiger partial charge in [-0.2, -0.15) is 0 Å². The molecule has 2 aliphatic rings. The topological polar surface area (TPSA) is 56.1 Å². The van der Waals surface area contributed by atoms with Gasteiger partial charge in [0.2, 0.25) is 0 Å². The van der Waals surface area contributed by atoms with Crippen molar-refractivity contribution in [3.63, 3.8) is 0 Å². The third-order valence-electron chi connectivity index (χ3n) is 4.26. The molecule has 0 radical (unpaired) electrons. The molecule has 0 saturated heterocycles.